The highest BCUT2D eigenvalue weighted by Crippen LogP contribution is 2.32. The predicted molar refractivity (Wildman–Crippen MR) is 156 cm³/mol. The molecule has 1 N–H and O–H groups in total. The summed E-state index contributed by atoms with van der Waals surface area (Å²) < 4.78 is 18.2. The first kappa shape index (κ1) is 27.0. The SMILES string of the molecule is CCOc1ccc(-c2ccc3c(c2)C=CCC(C(=O)Nc2ccc(C[N+](C)(C)C4CCOCC4)cc2)O3)cc1. The van der Waals surface area contributed by atoms with E-state index in [2.05, 4.69) is 49.7 Å². The third kappa shape index (κ3) is 6.70. The highest BCUT2D eigenvalue weighted by molar-refractivity contribution is 5.94. The average molecular weight is 528 g/mol. The average Bonchev–Trinajstić information content (AvgIpc) is 3.17. The number of benzene rings is 3. The lowest BCUT2D eigenvalue weighted by Gasteiger charge is -2.40. The largest absolute Gasteiger partial charge is 0.494 e. The molecule has 0 spiro atoms. The van der Waals surface area contributed by atoms with Gasteiger partial charge < -0.3 is 24.0 Å². The fourth-order valence-corrected chi connectivity index (χ4v) is 5.46. The predicted octanol–water partition coefficient (Wildman–Crippen LogP) is 6.31. The summed E-state index contributed by atoms with van der Waals surface area (Å²) in [6.45, 7) is 5.28. The molecule has 3 aromatic rings. The summed E-state index contributed by atoms with van der Waals surface area (Å²) in [6.07, 6.45) is 6.16. The maximum atomic E-state index is 13.1. The summed E-state index contributed by atoms with van der Waals surface area (Å²) in [5, 5.41) is 3.05. The zero-order valence-electron chi connectivity index (χ0n) is 23.2. The second-order valence-electron chi connectivity index (χ2n) is 10.9. The van der Waals surface area contributed by atoms with Crippen molar-refractivity contribution in [1.29, 1.82) is 0 Å². The van der Waals surface area contributed by atoms with E-state index in [0.29, 0.717) is 24.8 Å². The maximum Gasteiger partial charge on any atom is 0.265 e. The molecule has 2 aliphatic heterocycles. The second-order valence-corrected chi connectivity index (χ2v) is 10.9. The van der Waals surface area contributed by atoms with Gasteiger partial charge in [0.1, 0.15) is 18.0 Å². The first-order valence-corrected chi connectivity index (χ1v) is 13.9. The van der Waals surface area contributed by atoms with Crippen molar-refractivity contribution in [3.63, 3.8) is 0 Å². The molecule has 1 unspecified atom stereocenters. The Bertz CT molecular complexity index is 1290. The molecule has 3 aromatic carbocycles. The summed E-state index contributed by atoms with van der Waals surface area (Å²) >= 11 is 0. The van der Waals surface area contributed by atoms with Crippen LogP contribution in [-0.2, 0) is 16.1 Å². The lowest BCUT2D eigenvalue weighted by Crippen LogP contribution is -2.50. The molecule has 0 aliphatic carbocycles. The number of anilines is 1. The van der Waals surface area contributed by atoms with Crippen molar-refractivity contribution >= 4 is 17.7 Å². The standard InChI is InChI=1S/C33H38N2O4/c1-4-38-30-15-10-25(11-16-30)26-12-17-31-27(22-26)6-5-7-32(39-31)33(36)34-28-13-8-24(9-14-28)23-35(2,3)29-18-20-37-21-19-29/h5-6,8-17,22,29,32H,4,7,18-21,23H2,1-3H3/p+1. The lowest BCUT2D eigenvalue weighted by molar-refractivity contribution is -0.929. The zero-order chi connectivity index (χ0) is 27.2. The van der Waals surface area contributed by atoms with Gasteiger partial charge in [-0.15, -0.1) is 0 Å². The smallest absolute Gasteiger partial charge is 0.265 e. The Labute approximate surface area is 231 Å². The number of carbonyl (C=O) groups is 1. The molecular formula is C33H39N2O4+. The van der Waals surface area contributed by atoms with Crippen LogP contribution in [0.3, 0.4) is 0 Å². The van der Waals surface area contributed by atoms with Crippen molar-refractivity contribution in [2.75, 3.05) is 39.2 Å². The van der Waals surface area contributed by atoms with Crippen LogP contribution in [0.2, 0.25) is 0 Å². The minimum Gasteiger partial charge on any atom is -0.494 e. The van der Waals surface area contributed by atoms with Crippen LogP contribution in [0.5, 0.6) is 11.5 Å². The molecule has 6 nitrogen and oxygen atoms in total. The van der Waals surface area contributed by atoms with E-state index in [1.54, 1.807) is 0 Å². The van der Waals surface area contributed by atoms with Crippen LogP contribution < -0.4 is 14.8 Å². The molecule has 0 saturated carbocycles. The molecule has 2 heterocycles. The quantitative estimate of drug-likeness (QED) is 0.349. The third-order valence-corrected chi connectivity index (χ3v) is 7.71. The molecule has 204 valence electrons. The Balaban J connectivity index is 1.20. The van der Waals surface area contributed by atoms with E-state index < -0.39 is 6.10 Å². The number of hydrogen-bond acceptors (Lipinski definition) is 4. The lowest BCUT2D eigenvalue weighted by atomic mass is 10.0. The monoisotopic (exact) mass is 527 g/mol. The van der Waals surface area contributed by atoms with Crippen molar-refractivity contribution in [1.82, 2.24) is 0 Å². The van der Waals surface area contributed by atoms with Crippen LogP contribution in [-0.4, -0.2) is 56.5 Å². The van der Waals surface area contributed by atoms with Gasteiger partial charge in [-0.1, -0.05) is 42.5 Å². The Morgan fingerprint density at radius 2 is 1.69 bits per heavy atom. The summed E-state index contributed by atoms with van der Waals surface area (Å²) in [6, 6.07) is 23.0. The van der Waals surface area contributed by atoms with Gasteiger partial charge in [0.2, 0.25) is 0 Å². The molecule has 2 aliphatic rings. The van der Waals surface area contributed by atoms with E-state index in [4.69, 9.17) is 14.2 Å². The van der Waals surface area contributed by atoms with Gasteiger partial charge in [0.15, 0.2) is 6.10 Å². The molecule has 0 radical (unpaired) electrons. The van der Waals surface area contributed by atoms with Crippen LogP contribution in [0.4, 0.5) is 5.69 Å². The van der Waals surface area contributed by atoms with Gasteiger partial charge in [-0.25, -0.2) is 0 Å². The van der Waals surface area contributed by atoms with Gasteiger partial charge >= 0.3 is 0 Å². The normalized spacial score (nSPS) is 17.6. The summed E-state index contributed by atoms with van der Waals surface area (Å²) in [7, 11) is 4.59. The Kier molecular flexibility index (Phi) is 8.34. The number of quaternary nitrogens is 1. The zero-order valence-corrected chi connectivity index (χ0v) is 23.2. The number of ether oxygens (including phenoxy) is 3. The Morgan fingerprint density at radius 3 is 2.41 bits per heavy atom. The van der Waals surface area contributed by atoms with Gasteiger partial charge in [0, 0.05) is 36.1 Å². The van der Waals surface area contributed by atoms with Crippen LogP contribution >= 0.6 is 0 Å². The number of nitrogens with one attached hydrogen (secondary N) is 1. The number of carbonyl (C=O) groups excluding carboxylic acids is 1. The number of amides is 1. The minimum atomic E-state index is -0.595. The second kappa shape index (κ2) is 12.1. The van der Waals surface area contributed by atoms with Crippen molar-refractivity contribution in [2.24, 2.45) is 0 Å². The third-order valence-electron chi connectivity index (χ3n) is 7.71. The van der Waals surface area contributed by atoms with Crippen molar-refractivity contribution in [2.45, 2.75) is 44.9 Å². The highest BCUT2D eigenvalue weighted by Gasteiger charge is 2.30. The molecule has 5 rings (SSSR count). The first-order chi connectivity index (χ1) is 18.9. The topological polar surface area (TPSA) is 56.8 Å². The molecule has 1 atom stereocenters. The fourth-order valence-electron chi connectivity index (χ4n) is 5.46. The summed E-state index contributed by atoms with van der Waals surface area (Å²) in [5.41, 5.74) is 5.20. The number of nitrogens with zero attached hydrogens (tertiary/aromatic N) is 1. The van der Waals surface area contributed by atoms with E-state index in [0.717, 1.165) is 65.2 Å². The Hall–Kier alpha value is -3.61. The fraction of sp³-hybridized carbons (Fsp3) is 0.364. The number of fused-ring (bicyclic) bond motifs is 1. The molecule has 6 heteroatoms. The highest BCUT2D eigenvalue weighted by atomic mass is 16.5. The van der Waals surface area contributed by atoms with E-state index in [-0.39, 0.29) is 5.91 Å². The summed E-state index contributed by atoms with van der Waals surface area (Å²) in [5.74, 6) is 1.43. The van der Waals surface area contributed by atoms with Crippen LogP contribution in [0.25, 0.3) is 17.2 Å². The number of rotatable bonds is 8. The van der Waals surface area contributed by atoms with Crippen molar-refractivity contribution in [3.8, 4) is 22.6 Å². The molecule has 1 amide bonds. The summed E-state index contributed by atoms with van der Waals surface area (Å²) in [4.78, 5) is 13.1. The molecule has 39 heavy (non-hydrogen) atoms. The minimum absolute atomic E-state index is 0.144. The Morgan fingerprint density at radius 1 is 0.974 bits per heavy atom. The van der Waals surface area contributed by atoms with Gasteiger partial charge in [-0.05, 0) is 54.4 Å². The van der Waals surface area contributed by atoms with E-state index >= 15 is 0 Å². The molecule has 0 aromatic heterocycles. The first-order valence-electron chi connectivity index (χ1n) is 13.9. The molecule has 1 saturated heterocycles. The van der Waals surface area contributed by atoms with Gasteiger partial charge in [-0.3, -0.25) is 4.79 Å². The van der Waals surface area contributed by atoms with E-state index in [9.17, 15) is 4.79 Å². The molecule has 0 bridgehead atoms. The van der Waals surface area contributed by atoms with E-state index in [1.807, 2.05) is 55.5 Å². The van der Waals surface area contributed by atoms with Crippen molar-refractivity contribution < 1.29 is 23.5 Å². The van der Waals surface area contributed by atoms with E-state index in [1.165, 1.54) is 5.56 Å². The van der Waals surface area contributed by atoms with Crippen LogP contribution in [0.1, 0.15) is 37.3 Å². The van der Waals surface area contributed by atoms with Crippen LogP contribution in [0, 0.1) is 0 Å². The van der Waals surface area contributed by atoms with Gasteiger partial charge in [-0.2, -0.15) is 0 Å². The van der Waals surface area contributed by atoms with Gasteiger partial charge in [0.05, 0.1) is 40.0 Å². The van der Waals surface area contributed by atoms with Crippen LogP contribution in [0.15, 0.2) is 72.8 Å². The molecule has 1 fully saturated rings. The van der Waals surface area contributed by atoms with Gasteiger partial charge in [0.25, 0.3) is 5.91 Å². The maximum absolute atomic E-state index is 13.1. The molecular weight excluding hydrogens is 488 g/mol. The van der Waals surface area contributed by atoms with Crippen molar-refractivity contribution in [3.05, 3.63) is 83.9 Å². The number of hydrogen-bond donors (Lipinski definition) is 1.